The Hall–Kier alpha value is -5.82. The lowest BCUT2D eigenvalue weighted by molar-refractivity contribution is 0.0253. The summed E-state index contributed by atoms with van der Waals surface area (Å²) < 4.78 is 66.4. The fourth-order valence-electron chi connectivity index (χ4n) is 7.64. The van der Waals surface area contributed by atoms with Crippen molar-refractivity contribution in [3.05, 3.63) is 118 Å². The summed E-state index contributed by atoms with van der Waals surface area (Å²) in [6.45, 7) is 8.00. The summed E-state index contributed by atoms with van der Waals surface area (Å²) in [5, 5.41) is 3.96. The van der Waals surface area contributed by atoms with Crippen LogP contribution in [0.25, 0.3) is 43.2 Å². The van der Waals surface area contributed by atoms with Crippen molar-refractivity contribution in [2.75, 3.05) is 78.5 Å². The maximum Gasteiger partial charge on any atom is 0.276 e. The number of nitrogens with zero attached hydrogens (tertiary/aromatic N) is 7. The van der Waals surface area contributed by atoms with E-state index in [0.29, 0.717) is 66.9 Å². The van der Waals surface area contributed by atoms with Crippen LogP contribution in [0, 0.1) is 19.7 Å². The Morgan fingerprint density at radius 2 is 1.53 bits per heavy atom. The highest BCUT2D eigenvalue weighted by Crippen LogP contribution is 2.52. The number of piperazine rings is 1. The van der Waals surface area contributed by atoms with Crippen LogP contribution in [0.1, 0.15) is 22.4 Å². The number of nitrogens with one attached hydrogen (secondary N) is 1. The van der Waals surface area contributed by atoms with Gasteiger partial charge in [0.15, 0.2) is 11.6 Å². The molecule has 3 N–H and O–H groups in total. The van der Waals surface area contributed by atoms with Gasteiger partial charge >= 0.3 is 0 Å². The van der Waals surface area contributed by atoms with Crippen LogP contribution in [0.5, 0.6) is 23.1 Å². The fourth-order valence-corrected chi connectivity index (χ4v) is 9.32. The highest BCUT2D eigenvalue weighted by Gasteiger charge is 2.29. The lowest BCUT2D eigenvalue weighted by Gasteiger charge is -2.28. The number of fused-ring (bicyclic) bond motifs is 7. The molecule has 68 heavy (non-hydrogen) atoms. The largest absolute Gasteiger partial charge is 0.490 e. The van der Waals surface area contributed by atoms with Gasteiger partial charge in [-0.2, -0.15) is 0 Å². The molecule has 1 fully saturated rings. The zero-order valence-corrected chi connectivity index (χ0v) is 40.3. The Morgan fingerprint density at radius 3 is 2.22 bits per heavy atom. The van der Waals surface area contributed by atoms with Gasteiger partial charge in [0.2, 0.25) is 5.88 Å². The van der Waals surface area contributed by atoms with Gasteiger partial charge in [0, 0.05) is 66.6 Å². The predicted molar refractivity (Wildman–Crippen MR) is 261 cm³/mol. The van der Waals surface area contributed by atoms with E-state index in [1.165, 1.54) is 62.2 Å². The van der Waals surface area contributed by atoms with Gasteiger partial charge in [-0.1, -0.05) is 35.3 Å². The molecule has 0 unspecified atom stereocenters. The van der Waals surface area contributed by atoms with Gasteiger partial charge in [-0.3, -0.25) is 0 Å². The molecule has 4 bridgehead atoms. The Kier molecular flexibility index (Phi) is 15.5. The molecule has 1 saturated heterocycles. The molecule has 4 aromatic heterocycles. The first-order chi connectivity index (χ1) is 32.8. The molecule has 3 aliphatic heterocycles. The van der Waals surface area contributed by atoms with Crippen molar-refractivity contribution in [1.82, 2.24) is 34.7 Å². The van der Waals surface area contributed by atoms with Crippen LogP contribution in [0.3, 0.4) is 0 Å². The maximum absolute atomic E-state index is 14.1. The van der Waals surface area contributed by atoms with Crippen molar-refractivity contribution in [2.45, 2.75) is 32.8 Å². The zero-order valence-electron chi connectivity index (χ0n) is 37.9. The first-order valence-electron chi connectivity index (χ1n) is 21.9. The second-order valence-corrected chi connectivity index (χ2v) is 18.2. The standard InChI is InChI=1S/C43H36Cl2F3N7O4S.C6H14N2/c1-23-33-24(2)37(45)38(36(23)44)57-16-15-56-30-8-9-31(59-19-29-11-13-50-40(55-29)27-5-10-32(51-18-27)52-21-43(47,48)20-49)26(17-30)12-14-58-41-35-34(33)39(60-42(35)54-22-53-41)25-3-6-28(46)7-4-25;1-7-3-5-8(2)6-4-7/h3-11,13,17-18,22H,12,14-16,19-21,49H2,1-2H3,(H,51,52);3-6H2,1-2H3. The van der Waals surface area contributed by atoms with Crippen LogP contribution < -0.4 is 30.0 Å². The van der Waals surface area contributed by atoms with Gasteiger partial charge in [-0.15, -0.1) is 11.3 Å². The molecule has 0 aliphatic carbocycles. The van der Waals surface area contributed by atoms with Crippen molar-refractivity contribution in [2.24, 2.45) is 5.73 Å². The third-order valence-corrected chi connectivity index (χ3v) is 13.6. The van der Waals surface area contributed by atoms with Crippen molar-refractivity contribution in [3.63, 3.8) is 0 Å². The summed E-state index contributed by atoms with van der Waals surface area (Å²) >= 11 is 15.5. The van der Waals surface area contributed by atoms with E-state index < -0.39 is 19.0 Å². The quantitative estimate of drug-likeness (QED) is 0.142. The second kappa shape index (κ2) is 21.6. The molecular formula is C49H50Cl2F3N9O4S. The molecule has 3 aromatic carbocycles. The van der Waals surface area contributed by atoms with Gasteiger partial charge in [0.05, 0.1) is 40.8 Å². The number of pyridine rings is 1. The zero-order chi connectivity index (χ0) is 48.0. The van der Waals surface area contributed by atoms with Crippen molar-refractivity contribution < 1.29 is 32.1 Å². The van der Waals surface area contributed by atoms with E-state index >= 15 is 0 Å². The molecule has 356 valence electrons. The monoisotopic (exact) mass is 987 g/mol. The summed E-state index contributed by atoms with van der Waals surface area (Å²) in [5.74, 6) is -0.886. The van der Waals surface area contributed by atoms with Crippen molar-refractivity contribution in [1.29, 1.82) is 0 Å². The van der Waals surface area contributed by atoms with Gasteiger partial charge in [0.1, 0.15) is 54.1 Å². The third kappa shape index (κ3) is 11.4. The van der Waals surface area contributed by atoms with E-state index in [2.05, 4.69) is 54.1 Å². The minimum atomic E-state index is -3.05. The molecule has 13 nitrogen and oxygen atoms in total. The SMILES string of the molecule is CN1CCN(C)CC1.Cc1c(Cl)c2c(Cl)c(C)c1-c1c(-c3ccc(F)cc3)sc3ncnc(c13)OCCc1cc(ccc1OCc1ccnc(-c3ccc(NCC(F)(F)CN)nc3)n1)OCCO2. The Balaban J connectivity index is 0.000000709. The predicted octanol–water partition coefficient (Wildman–Crippen LogP) is 9.78. The van der Waals surface area contributed by atoms with Crippen LogP contribution in [-0.2, 0) is 13.0 Å². The normalized spacial score (nSPS) is 14.6. The van der Waals surface area contributed by atoms with E-state index in [1.807, 2.05) is 26.0 Å². The Bertz CT molecular complexity index is 2830. The van der Waals surface area contributed by atoms with Gasteiger partial charge in [-0.05, 0) is 98.7 Å². The molecule has 0 amide bonds. The molecule has 7 aromatic rings. The number of hydrogen-bond acceptors (Lipinski definition) is 14. The highest BCUT2D eigenvalue weighted by molar-refractivity contribution is 7.22. The number of anilines is 1. The first kappa shape index (κ1) is 48.6. The summed E-state index contributed by atoms with van der Waals surface area (Å²) in [6, 6.07) is 16.8. The number of thiophene rings is 1. The molecule has 7 heterocycles. The van der Waals surface area contributed by atoms with Crippen LogP contribution in [0.15, 0.2) is 79.4 Å². The third-order valence-electron chi connectivity index (χ3n) is 11.5. The number of alkyl halides is 2. The van der Waals surface area contributed by atoms with Gasteiger partial charge in [-0.25, -0.2) is 38.1 Å². The van der Waals surface area contributed by atoms with E-state index in [1.54, 1.807) is 42.6 Å². The van der Waals surface area contributed by atoms with E-state index in [4.69, 9.17) is 47.9 Å². The maximum atomic E-state index is 14.1. The summed E-state index contributed by atoms with van der Waals surface area (Å²) in [7, 11) is 4.35. The van der Waals surface area contributed by atoms with Crippen molar-refractivity contribution in [3.8, 4) is 56.1 Å². The molecular weight excluding hydrogens is 939 g/mol. The van der Waals surface area contributed by atoms with Crippen LogP contribution >= 0.6 is 34.5 Å². The van der Waals surface area contributed by atoms with Gasteiger partial charge in [0.25, 0.3) is 5.92 Å². The number of rotatable bonds is 9. The van der Waals surface area contributed by atoms with Crippen LogP contribution in [0.2, 0.25) is 10.0 Å². The van der Waals surface area contributed by atoms with Crippen LogP contribution in [0.4, 0.5) is 19.0 Å². The molecule has 0 spiro atoms. The first-order valence-corrected chi connectivity index (χ1v) is 23.5. The van der Waals surface area contributed by atoms with E-state index in [-0.39, 0.29) is 38.1 Å². The van der Waals surface area contributed by atoms with Gasteiger partial charge < -0.3 is 39.8 Å². The molecule has 10 rings (SSSR count). The van der Waals surface area contributed by atoms with E-state index in [0.717, 1.165) is 38.3 Å². The number of halogens is 5. The lowest BCUT2D eigenvalue weighted by atomic mass is 9.92. The topological polar surface area (TPSA) is 146 Å². The Labute approximate surface area is 406 Å². The minimum absolute atomic E-state index is 0.104. The summed E-state index contributed by atoms with van der Waals surface area (Å²) in [6.07, 6.45) is 4.97. The van der Waals surface area contributed by atoms with Crippen LogP contribution in [-0.4, -0.2) is 114 Å². The fraction of sp³-hybridized carbons (Fsp3) is 0.327. The molecule has 19 heteroatoms. The summed E-state index contributed by atoms with van der Waals surface area (Å²) in [5.41, 5.74) is 10.9. The molecule has 0 radical (unpaired) electrons. The second-order valence-electron chi connectivity index (χ2n) is 16.4. The molecule has 3 aliphatic rings. The molecule has 0 atom stereocenters. The Morgan fingerprint density at radius 1 is 0.824 bits per heavy atom. The number of ether oxygens (including phenoxy) is 4. The van der Waals surface area contributed by atoms with E-state index in [9.17, 15) is 13.2 Å². The lowest BCUT2D eigenvalue weighted by Crippen LogP contribution is -2.42. The number of hydrogen-bond donors (Lipinski definition) is 2. The number of aromatic nitrogens is 5. The average molecular weight is 989 g/mol. The molecule has 0 saturated carbocycles. The number of nitrogens with two attached hydrogens (primary N) is 1. The van der Waals surface area contributed by atoms with Crippen molar-refractivity contribution >= 4 is 50.6 Å². The smallest absolute Gasteiger partial charge is 0.276 e. The highest BCUT2D eigenvalue weighted by atomic mass is 35.5. The number of likely N-dealkylation sites (N-methyl/N-ethyl adjacent to an activating group) is 2. The minimum Gasteiger partial charge on any atom is -0.490 e. The summed E-state index contributed by atoms with van der Waals surface area (Å²) in [4.78, 5) is 28.7. The average Bonchev–Trinajstić information content (AvgIpc) is 3.73. The number of benzene rings is 3.